The van der Waals surface area contributed by atoms with Crippen LogP contribution >= 0.6 is 0 Å². The first-order valence-corrected chi connectivity index (χ1v) is 13.9. The number of fused-ring (bicyclic) bond motifs is 1. The topological polar surface area (TPSA) is 87.8 Å². The Bertz CT molecular complexity index is 1470. The highest BCUT2D eigenvalue weighted by Crippen LogP contribution is 2.31. The summed E-state index contributed by atoms with van der Waals surface area (Å²) in [5, 5.41) is 9.97. The number of piperidine rings is 1. The maximum Gasteiger partial charge on any atom is 0.407 e. The molecule has 0 radical (unpaired) electrons. The molecular weight excluding hydrogens is 504 g/mol. The fraction of sp³-hybridized carbons (Fsp3) is 0.344. The number of carbonyl (C=O) groups is 2. The highest BCUT2D eigenvalue weighted by molar-refractivity contribution is 5.89. The summed E-state index contributed by atoms with van der Waals surface area (Å²) in [5.74, 6) is -0.323. The van der Waals surface area contributed by atoms with Crippen molar-refractivity contribution in [3.8, 4) is 0 Å². The molecule has 208 valence electrons. The highest BCUT2D eigenvalue weighted by atomic mass is 16.4. The smallest absolute Gasteiger partial charge is 0.407 e. The molecule has 0 unspecified atom stereocenters. The van der Waals surface area contributed by atoms with Gasteiger partial charge in [-0.2, -0.15) is 0 Å². The van der Waals surface area contributed by atoms with E-state index in [0.717, 1.165) is 26.1 Å². The molecule has 1 aliphatic rings. The Morgan fingerprint density at radius 1 is 0.875 bits per heavy atom. The normalized spacial score (nSPS) is 17.4. The average molecular weight is 541 g/mol. The van der Waals surface area contributed by atoms with Gasteiger partial charge < -0.3 is 10.0 Å². The van der Waals surface area contributed by atoms with E-state index in [9.17, 15) is 19.5 Å². The minimum Gasteiger partial charge on any atom is -0.465 e. The Morgan fingerprint density at radius 3 is 2.02 bits per heavy atom. The van der Waals surface area contributed by atoms with Gasteiger partial charge in [-0.25, -0.2) is 14.2 Å². The Morgan fingerprint density at radius 2 is 1.45 bits per heavy atom. The van der Waals surface area contributed by atoms with Gasteiger partial charge in [0.2, 0.25) is 5.91 Å². The number of aromatic nitrogens is 2. The van der Waals surface area contributed by atoms with E-state index in [0.29, 0.717) is 36.8 Å². The molecule has 1 fully saturated rings. The van der Waals surface area contributed by atoms with Gasteiger partial charge in [0.25, 0.3) is 0 Å². The second-order valence-corrected chi connectivity index (χ2v) is 10.6. The fourth-order valence-corrected chi connectivity index (χ4v) is 6.07. The Balaban J connectivity index is 1.33. The number of benzene rings is 3. The molecule has 0 aliphatic carbocycles. The molecule has 1 amide bonds. The van der Waals surface area contributed by atoms with Gasteiger partial charge in [0, 0.05) is 38.6 Å². The lowest BCUT2D eigenvalue weighted by molar-refractivity contribution is 0.0850. The van der Waals surface area contributed by atoms with E-state index in [1.165, 1.54) is 27.5 Å². The van der Waals surface area contributed by atoms with Crippen LogP contribution in [0.2, 0.25) is 0 Å². The molecule has 8 heteroatoms. The summed E-state index contributed by atoms with van der Waals surface area (Å²) in [6.45, 7) is 4.19. The number of likely N-dealkylation sites (tertiary alicyclic amines) is 1. The molecule has 40 heavy (non-hydrogen) atoms. The number of rotatable bonds is 9. The first kappa shape index (κ1) is 27.4. The molecule has 1 aliphatic heterocycles. The maximum absolute atomic E-state index is 13.4. The van der Waals surface area contributed by atoms with Crippen molar-refractivity contribution in [3.63, 3.8) is 0 Å². The number of imidazole rings is 1. The van der Waals surface area contributed by atoms with Gasteiger partial charge in [0.1, 0.15) is 0 Å². The van der Waals surface area contributed by atoms with Gasteiger partial charge in [-0.3, -0.25) is 14.3 Å². The van der Waals surface area contributed by atoms with Gasteiger partial charge in [-0.1, -0.05) is 72.8 Å². The van der Waals surface area contributed by atoms with Crippen molar-refractivity contribution < 1.29 is 14.7 Å². The second-order valence-electron chi connectivity index (χ2n) is 10.6. The predicted octanol–water partition coefficient (Wildman–Crippen LogP) is 5.63. The van der Waals surface area contributed by atoms with Crippen LogP contribution in [0.15, 0.2) is 89.7 Å². The van der Waals surface area contributed by atoms with Crippen molar-refractivity contribution in [3.05, 3.63) is 107 Å². The predicted molar refractivity (Wildman–Crippen MR) is 156 cm³/mol. The van der Waals surface area contributed by atoms with Crippen molar-refractivity contribution in [2.45, 2.75) is 57.8 Å². The van der Waals surface area contributed by atoms with Crippen LogP contribution < -0.4 is 5.69 Å². The Hall–Kier alpha value is -4.17. The van der Waals surface area contributed by atoms with Crippen LogP contribution in [-0.2, 0) is 13.1 Å². The Kier molecular flexibility index (Phi) is 8.45. The van der Waals surface area contributed by atoms with E-state index in [-0.39, 0.29) is 23.7 Å². The minimum atomic E-state index is -0.924. The first-order chi connectivity index (χ1) is 19.4. The van der Waals surface area contributed by atoms with E-state index < -0.39 is 6.09 Å². The molecule has 5 rings (SSSR count). The average Bonchev–Trinajstić information content (AvgIpc) is 3.25. The molecule has 0 bridgehead atoms. The third-order valence-corrected chi connectivity index (χ3v) is 7.90. The quantitative estimate of drug-likeness (QED) is 0.297. The van der Waals surface area contributed by atoms with Gasteiger partial charge in [-0.05, 0) is 55.5 Å². The van der Waals surface area contributed by atoms with Crippen LogP contribution in [0.4, 0.5) is 4.79 Å². The lowest BCUT2D eigenvalue weighted by Gasteiger charge is -2.38. The SMILES string of the molecule is CC(=O)n1c(=O)n([C@H]2CCN(C(=O)O)[C@@H](CCCN(Cc3ccccc3)Cc3ccccc3)C2)c2ccccc21. The van der Waals surface area contributed by atoms with E-state index in [2.05, 4.69) is 29.2 Å². The molecule has 0 saturated carbocycles. The molecule has 4 aromatic rings. The summed E-state index contributed by atoms with van der Waals surface area (Å²) < 4.78 is 2.93. The number of amides is 1. The molecule has 2 heterocycles. The molecular formula is C32H36N4O4. The number of nitrogens with zero attached hydrogens (tertiary/aromatic N) is 4. The van der Waals surface area contributed by atoms with E-state index in [1.54, 1.807) is 10.6 Å². The number of hydrogen-bond acceptors (Lipinski definition) is 4. The maximum atomic E-state index is 13.4. The third-order valence-electron chi connectivity index (χ3n) is 7.90. The number of hydrogen-bond donors (Lipinski definition) is 1. The molecule has 0 spiro atoms. The van der Waals surface area contributed by atoms with Crippen molar-refractivity contribution in [1.29, 1.82) is 0 Å². The fourth-order valence-electron chi connectivity index (χ4n) is 6.07. The van der Waals surface area contributed by atoms with E-state index in [1.807, 2.05) is 54.6 Å². The Labute approximate surface area is 234 Å². The molecule has 1 saturated heterocycles. The second kappa shape index (κ2) is 12.3. The largest absolute Gasteiger partial charge is 0.465 e. The summed E-state index contributed by atoms with van der Waals surface area (Å²) >= 11 is 0. The zero-order valence-corrected chi connectivity index (χ0v) is 22.9. The van der Waals surface area contributed by atoms with Crippen LogP contribution in [-0.4, -0.2) is 55.2 Å². The van der Waals surface area contributed by atoms with Gasteiger partial charge in [0.15, 0.2) is 0 Å². The summed E-state index contributed by atoms with van der Waals surface area (Å²) in [4.78, 5) is 41.8. The summed E-state index contributed by atoms with van der Waals surface area (Å²) in [6, 6.07) is 27.7. The van der Waals surface area contributed by atoms with Gasteiger partial charge in [0.05, 0.1) is 11.0 Å². The van der Waals surface area contributed by atoms with Gasteiger partial charge in [-0.15, -0.1) is 0 Å². The first-order valence-electron chi connectivity index (χ1n) is 13.9. The summed E-state index contributed by atoms with van der Waals surface area (Å²) in [5.41, 5.74) is 3.44. The lowest BCUT2D eigenvalue weighted by atomic mass is 9.93. The molecule has 8 nitrogen and oxygen atoms in total. The number of carboxylic acid groups (broad SMARTS) is 1. The minimum absolute atomic E-state index is 0.177. The zero-order valence-electron chi connectivity index (χ0n) is 22.9. The van der Waals surface area contributed by atoms with Crippen LogP contribution in [0.1, 0.15) is 54.6 Å². The molecule has 3 aromatic carbocycles. The van der Waals surface area contributed by atoms with Crippen molar-refractivity contribution in [2.24, 2.45) is 0 Å². The molecule has 1 N–H and O–H groups in total. The number of carbonyl (C=O) groups excluding carboxylic acids is 1. The molecule has 2 atom stereocenters. The van der Waals surface area contributed by atoms with Crippen LogP contribution in [0, 0.1) is 0 Å². The summed E-state index contributed by atoms with van der Waals surface area (Å²) in [6.07, 6.45) is 1.67. The van der Waals surface area contributed by atoms with E-state index >= 15 is 0 Å². The van der Waals surface area contributed by atoms with Gasteiger partial charge >= 0.3 is 11.8 Å². The number of para-hydroxylation sites is 2. The zero-order chi connectivity index (χ0) is 28.1. The molecule has 1 aromatic heterocycles. The van der Waals surface area contributed by atoms with Crippen molar-refractivity contribution in [1.82, 2.24) is 18.9 Å². The van der Waals surface area contributed by atoms with Crippen molar-refractivity contribution in [2.75, 3.05) is 13.1 Å². The third kappa shape index (κ3) is 6.02. The van der Waals surface area contributed by atoms with E-state index in [4.69, 9.17) is 0 Å². The van der Waals surface area contributed by atoms with Crippen LogP contribution in [0.5, 0.6) is 0 Å². The van der Waals surface area contributed by atoms with Crippen LogP contribution in [0.3, 0.4) is 0 Å². The highest BCUT2D eigenvalue weighted by Gasteiger charge is 2.34. The monoisotopic (exact) mass is 540 g/mol. The van der Waals surface area contributed by atoms with Crippen LogP contribution in [0.25, 0.3) is 11.0 Å². The lowest BCUT2D eigenvalue weighted by Crippen LogP contribution is -2.47. The standard InChI is InChI=1S/C32H36N4O4/c1-24(37)35-29-16-8-9-17-30(29)36(31(35)38)28-18-20-34(32(39)40)27(21-28)15-10-19-33(22-25-11-4-2-5-12-25)23-26-13-6-3-7-14-26/h2-9,11-14,16-17,27-28H,10,15,18-23H2,1H3,(H,39,40)/t27-,28-/m0/s1. The summed E-state index contributed by atoms with van der Waals surface area (Å²) in [7, 11) is 0. The van der Waals surface area contributed by atoms with Crippen molar-refractivity contribution >= 4 is 23.0 Å².